The second kappa shape index (κ2) is 13.2. The molecule has 6 nitrogen and oxygen atoms in total. The average Bonchev–Trinajstić information content (AvgIpc) is 2.93. The van der Waals surface area contributed by atoms with Gasteiger partial charge in [0.15, 0.2) is 0 Å². The van der Waals surface area contributed by atoms with Crippen molar-refractivity contribution < 1.29 is 14.6 Å². The number of aliphatic hydroxyl groups excluding tert-OH is 1. The summed E-state index contributed by atoms with van der Waals surface area (Å²) in [6.07, 6.45) is 3.58. The number of hydrogen-bond donors (Lipinski definition) is 2. The molecule has 202 valence electrons. The second-order valence-corrected chi connectivity index (χ2v) is 10.5. The van der Waals surface area contributed by atoms with E-state index in [1.165, 1.54) is 0 Å². The van der Waals surface area contributed by atoms with E-state index in [0.717, 1.165) is 54.6 Å². The second-order valence-electron chi connectivity index (χ2n) is 10.1. The van der Waals surface area contributed by atoms with Crippen molar-refractivity contribution in [3.8, 4) is 28.1 Å². The highest BCUT2D eigenvalue weighted by molar-refractivity contribution is 6.32. The number of halogens is 1. The number of carbonyl (C=O) groups excluding carboxylic acids is 1. The molecule has 0 atom stereocenters. The molecule has 0 saturated heterocycles. The zero-order chi connectivity index (χ0) is 27.1. The minimum atomic E-state index is -0.268. The largest absolute Gasteiger partial charge is 0.492 e. The Morgan fingerprint density at radius 1 is 1.11 bits per heavy atom. The molecule has 3 aromatic rings. The summed E-state index contributed by atoms with van der Waals surface area (Å²) in [5, 5.41) is 13.5. The van der Waals surface area contributed by atoms with Crippen LogP contribution in [0.3, 0.4) is 0 Å². The Bertz CT molecular complexity index is 1240. The molecule has 7 heteroatoms. The molecular weight excluding hydrogens is 498 g/mol. The number of carbonyl (C=O) groups is 1. The number of nitrogens with zero attached hydrogens (tertiary/aromatic N) is 2. The van der Waals surface area contributed by atoms with Gasteiger partial charge in [0, 0.05) is 23.7 Å². The molecule has 0 bridgehead atoms. The van der Waals surface area contributed by atoms with Gasteiger partial charge in [0.05, 0.1) is 23.4 Å². The van der Waals surface area contributed by atoms with Crippen LogP contribution in [0.1, 0.15) is 55.1 Å². The molecule has 1 saturated carbocycles. The van der Waals surface area contributed by atoms with Crippen LogP contribution in [0.15, 0.2) is 54.6 Å². The van der Waals surface area contributed by atoms with E-state index in [1.54, 1.807) is 6.07 Å². The average molecular weight is 536 g/mol. The number of aryl methyl sites for hydroxylation is 1. The molecule has 0 aliphatic heterocycles. The SMILES string of the molecule is CCN(C)CCCOc1cc(-c2nc(C(=O)NC3CCC(O)CC3)ccc2-c2ccccc2C)ccc1Cl. The van der Waals surface area contributed by atoms with E-state index < -0.39 is 0 Å². The standard InChI is InChI=1S/C31H38ClN3O3/c1-4-35(3)18-7-19-38-29-20-22(10-16-27(29)32)30-26(25-9-6-5-8-21(25)2)15-17-28(34-30)31(37)33-23-11-13-24(36)14-12-23/h5-6,8-10,15-17,20,23-24,36H,4,7,11-14,18-19H2,1-3H3,(H,33,37). The topological polar surface area (TPSA) is 74.7 Å². The van der Waals surface area contributed by atoms with Gasteiger partial charge >= 0.3 is 0 Å². The molecule has 38 heavy (non-hydrogen) atoms. The van der Waals surface area contributed by atoms with Crippen molar-refractivity contribution in [2.45, 2.75) is 58.1 Å². The van der Waals surface area contributed by atoms with E-state index in [9.17, 15) is 9.90 Å². The number of ether oxygens (including phenoxy) is 1. The van der Waals surface area contributed by atoms with Crippen molar-refractivity contribution >= 4 is 17.5 Å². The Kier molecular flexibility index (Phi) is 9.78. The van der Waals surface area contributed by atoms with Gasteiger partial charge in [-0.3, -0.25) is 4.79 Å². The Labute approximate surface area is 231 Å². The molecule has 1 amide bonds. The number of pyridine rings is 1. The first kappa shape index (κ1) is 28.1. The molecule has 0 unspecified atom stereocenters. The maximum Gasteiger partial charge on any atom is 0.270 e. The third-order valence-corrected chi connectivity index (χ3v) is 7.59. The lowest BCUT2D eigenvalue weighted by molar-refractivity contribution is 0.0863. The van der Waals surface area contributed by atoms with Crippen molar-refractivity contribution in [3.05, 3.63) is 70.9 Å². The molecule has 1 heterocycles. The van der Waals surface area contributed by atoms with E-state index in [-0.39, 0.29) is 18.1 Å². The van der Waals surface area contributed by atoms with Crippen LogP contribution in [0.25, 0.3) is 22.4 Å². The van der Waals surface area contributed by atoms with Gasteiger partial charge in [0.1, 0.15) is 11.4 Å². The highest BCUT2D eigenvalue weighted by Gasteiger charge is 2.23. The highest BCUT2D eigenvalue weighted by atomic mass is 35.5. The van der Waals surface area contributed by atoms with E-state index in [4.69, 9.17) is 21.3 Å². The van der Waals surface area contributed by atoms with Crippen LogP contribution in [-0.4, -0.2) is 59.8 Å². The zero-order valence-corrected chi connectivity index (χ0v) is 23.3. The number of aliphatic hydroxyl groups is 1. The number of aromatic nitrogens is 1. The number of amides is 1. The fraction of sp³-hybridized carbons (Fsp3) is 0.419. The molecule has 1 aliphatic carbocycles. The molecule has 1 aliphatic rings. The molecule has 2 aromatic carbocycles. The first-order valence-electron chi connectivity index (χ1n) is 13.5. The van der Waals surface area contributed by atoms with Gasteiger partial charge < -0.3 is 20.1 Å². The number of hydrogen-bond acceptors (Lipinski definition) is 5. The molecule has 0 spiro atoms. The van der Waals surface area contributed by atoms with Crippen LogP contribution in [0.2, 0.25) is 5.02 Å². The monoisotopic (exact) mass is 535 g/mol. The Balaban J connectivity index is 1.64. The zero-order valence-electron chi connectivity index (χ0n) is 22.5. The van der Waals surface area contributed by atoms with E-state index in [0.29, 0.717) is 41.6 Å². The summed E-state index contributed by atoms with van der Waals surface area (Å²) in [5.74, 6) is 0.408. The first-order valence-corrected chi connectivity index (χ1v) is 13.9. The van der Waals surface area contributed by atoms with Gasteiger partial charge in [-0.1, -0.05) is 48.9 Å². The summed E-state index contributed by atoms with van der Waals surface area (Å²) in [7, 11) is 2.09. The maximum absolute atomic E-state index is 13.2. The molecule has 4 rings (SSSR count). The number of benzene rings is 2. The van der Waals surface area contributed by atoms with E-state index in [2.05, 4.69) is 43.2 Å². The fourth-order valence-corrected chi connectivity index (χ4v) is 4.99. The van der Waals surface area contributed by atoms with Gasteiger partial charge in [-0.25, -0.2) is 4.98 Å². The summed E-state index contributed by atoms with van der Waals surface area (Å²) >= 11 is 6.50. The highest BCUT2D eigenvalue weighted by Crippen LogP contribution is 2.36. The minimum absolute atomic E-state index is 0.0504. The van der Waals surface area contributed by atoms with Crippen LogP contribution in [-0.2, 0) is 0 Å². The molecule has 2 N–H and O–H groups in total. The quantitative estimate of drug-likeness (QED) is 0.305. The van der Waals surface area contributed by atoms with Crippen molar-refractivity contribution in [3.63, 3.8) is 0 Å². The normalized spacial score (nSPS) is 17.4. The molecule has 1 fully saturated rings. The van der Waals surface area contributed by atoms with Gasteiger partial charge in [0.2, 0.25) is 0 Å². The van der Waals surface area contributed by atoms with Crippen LogP contribution in [0.5, 0.6) is 5.75 Å². The molecule has 1 aromatic heterocycles. The molecule has 0 radical (unpaired) electrons. The van der Waals surface area contributed by atoms with E-state index in [1.807, 2.05) is 36.4 Å². The maximum atomic E-state index is 13.2. The lowest BCUT2D eigenvalue weighted by Gasteiger charge is -2.26. The summed E-state index contributed by atoms with van der Waals surface area (Å²) < 4.78 is 6.06. The first-order chi connectivity index (χ1) is 18.4. The van der Waals surface area contributed by atoms with Crippen molar-refractivity contribution in [1.29, 1.82) is 0 Å². The summed E-state index contributed by atoms with van der Waals surface area (Å²) in [5.41, 5.74) is 5.03. The summed E-state index contributed by atoms with van der Waals surface area (Å²) in [4.78, 5) is 20.3. The summed E-state index contributed by atoms with van der Waals surface area (Å²) in [6.45, 7) is 6.71. The Morgan fingerprint density at radius 3 is 2.61 bits per heavy atom. The van der Waals surface area contributed by atoms with Crippen LogP contribution < -0.4 is 10.1 Å². The van der Waals surface area contributed by atoms with E-state index >= 15 is 0 Å². The lowest BCUT2D eigenvalue weighted by Crippen LogP contribution is -2.38. The van der Waals surface area contributed by atoms with Gasteiger partial charge in [-0.2, -0.15) is 0 Å². The summed E-state index contributed by atoms with van der Waals surface area (Å²) in [6, 6.07) is 17.6. The third kappa shape index (κ3) is 7.13. The van der Waals surface area contributed by atoms with Crippen LogP contribution in [0, 0.1) is 6.92 Å². The van der Waals surface area contributed by atoms with Crippen LogP contribution in [0.4, 0.5) is 0 Å². The van der Waals surface area contributed by atoms with Crippen molar-refractivity contribution in [2.75, 3.05) is 26.7 Å². The van der Waals surface area contributed by atoms with Gasteiger partial charge in [0.25, 0.3) is 5.91 Å². The predicted molar refractivity (Wildman–Crippen MR) is 154 cm³/mol. The lowest BCUT2D eigenvalue weighted by atomic mass is 9.93. The number of nitrogens with one attached hydrogen (secondary N) is 1. The van der Waals surface area contributed by atoms with Crippen LogP contribution >= 0.6 is 11.6 Å². The smallest absolute Gasteiger partial charge is 0.270 e. The predicted octanol–water partition coefficient (Wildman–Crippen LogP) is 6.13. The minimum Gasteiger partial charge on any atom is -0.492 e. The fourth-order valence-electron chi connectivity index (χ4n) is 4.81. The Hall–Kier alpha value is -2.93. The third-order valence-electron chi connectivity index (χ3n) is 7.28. The number of rotatable bonds is 10. The van der Waals surface area contributed by atoms with Gasteiger partial charge in [-0.05, 0) is 88.0 Å². The van der Waals surface area contributed by atoms with Crippen molar-refractivity contribution in [2.24, 2.45) is 0 Å². The van der Waals surface area contributed by atoms with Crippen molar-refractivity contribution in [1.82, 2.24) is 15.2 Å². The molecular formula is C31H38ClN3O3. The Morgan fingerprint density at radius 2 is 1.87 bits per heavy atom. The van der Waals surface area contributed by atoms with Gasteiger partial charge in [-0.15, -0.1) is 0 Å².